The third-order valence-electron chi connectivity index (χ3n) is 9.81. The minimum Gasteiger partial charge on any atom is -0.462 e. The van der Waals surface area contributed by atoms with Crippen LogP contribution in [0.25, 0.3) is 0 Å². The van der Waals surface area contributed by atoms with Crippen molar-refractivity contribution < 1.29 is 49.0 Å². The number of carbonyl (C=O) groups excluding carboxylic acids is 2. The molecule has 4 N–H and O–H groups in total. The molecule has 0 spiro atoms. The highest BCUT2D eigenvalue weighted by molar-refractivity contribution is 5.70. The van der Waals surface area contributed by atoms with E-state index in [1.165, 1.54) is 96.3 Å². The van der Waals surface area contributed by atoms with Gasteiger partial charge in [0, 0.05) is 12.8 Å². The lowest BCUT2D eigenvalue weighted by Gasteiger charge is -2.39. The van der Waals surface area contributed by atoms with Gasteiger partial charge < -0.3 is 39.4 Å². The molecule has 10 heteroatoms. The zero-order valence-corrected chi connectivity index (χ0v) is 33.5. The summed E-state index contributed by atoms with van der Waals surface area (Å²) in [7, 11) is 0. The number of ether oxygens (including phenoxy) is 4. The maximum Gasteiger partial charge on any atom is 0.306 e. The van der Waals surface area contributed by atoms with Crippen LogP contribution in [0.3, 0.4) is 0 Å². The van der Waals surface area contributed by atoms with Crippen LogP contribution in [0.5, 0.6) is 0 Å². The van der Waals surface area contributed by atoms with E-state index < -0.39 is 49.4 Å². The summed E-state index contributed by atoms with van der Waals surface area (Å²) in [5.41, 5.74) is 0. The SMILES string of the molecule is CCCC/C=C/CCCCCCCCCCCC(=O)OC[C@@H](CO[C@H]1O[C@@H](CO)[C@@H](O)C(O)C1O)OC(=O)CCCCC/C=C/CCCCCCCC. The Morgan fingerprint density at radius 3 is 1.55 bits per heavy atom. The van der Waals surface area contributed by atoms with Crippen LogP contribution in [0, 0.1) is 0 Å². The van der Waals surface area contributed by atoms with Crippen LogP contribution in [0.1, 0.15) is 181 Å². The van der Waals surface area contributed by atoms with Gasteiger partial charge in [0.25, 0.3) is 0 Å². The Bertz CT molecular complexity index is 923. The van der Waals surface area contributed by atoms with E-state index in [0.717, 1.165) is 51.4 Å². The minimum absolute atomic E-state index is 0.211. The van der Waals surface area contributed by atoms with Gasteiger partial charge in [-0.15, -0.1) is 0 Å². The Kier molecular flexibility index (Phi) is 32.2. The number of unbranched alkanes of at least 4 members (excludes halogenated alkanes) is 20. The molecular formula is C43H78O10. The van der Waals surface area contributed by atoms with Crippen molar-refractivity contribution in [3.63, 3.8) is 0 Å². The average molecular weight is 755 g/mol. The summed E-state index contributed by atoms with van der Waals surface area (Å²) in [6.07, 6.45) is 29.0. The van der Waals surface area contributed by atoms with E-state index in [1.54, 1.807) is 0 Å². The molecule has 10 nitrogen and oxygen atoms in total. The summed E-state index contributed by atoms with van der Waals surface area (Å²) in [4.78, 5) is 25.2. The number of esters is 2. The molecule has 1 aliphatic rings. The molecule has 0 bridgehead atoms. The Balaban J connectivity index is 2.36. The second kappa shape index (κ2) is 34.7. The van der Waals surface area contributed by atoms with Crippen LogP contribution in [0.2, 0.25) is 0 Å². The normalized spacial score (nSPS) is 21.1. The lowest BCUT2D eigenvalue weighted by Crippen LogP contribution is -2.59. The molecular weight excluding hydrogens is 676 g/mol. The molecule has 0 radical (unpaired) electrons. The molecule has 1 heterocycles. The van der Waals surface area contributed by atoms with E-state index in [2.05, 4.69) is 38.2 Å². The standard InChI is InChI=1S/C43H78O10/c1-3-5-7-9-11-13-15-17-18-20-21-23-25-27-29-31-38(45)50-34-36(35-51-43-42(49)41(48)40(47)37(33-44)53-43)52-39(46)32-30-28-26-24-22-19-16-14-12-10-8-6-4-2/h9,11,19,22,36-37,40-44,47-49H,3-8,10,12-18,20-21,23-35H2,1-2H3/b11-9+,22-19+/t36-,37-,40+,41?,42?,43-/m0/s1. The molecule has 0 aromatic carbocycles. The fourth-order valence-corrected chi connectivity index (χ4v) is 6.34. The number of hydrogen-bond donors (Lipinski definition) is 4. The molecule has 0 saturated carbocycles. The van der Waals surface area contributed by atoms with Crippen LogP contribution in [-0.4, -0.2) is 89.0 Å². The second-order valence-corrected chi connectivity index (χ2v) is 14.8. The largest absolute Gasteiger partial charge is 0.462 e. The molecule has 0 aromatic heterocycles. The zero-order chi connectivity index (χ0) is 38.8. The first-order valence-electron chi connectivity index (χ1n) is 21.4. The van der Waals surface area contributed by atoms with E-state index in [-0.39, 0.29) is 32.0 Å². The van der Waals surface area contributed by atoms with Gasteiger partial charge in [0.2, 0.25) is 0 Å². The Hall–Kier alpha value is -1.82. The van der Waals surface area contributed by atoms with Crippen molar-refractivity contribution in [1.29, 1.82) is 0 Å². The van der Waals surface area contributed by atoms with Crippen molar-refractivity contribution in [2.45, 2.75) is 218 Å². The highest BCUT2D eigenvalue weighted by Crippen LogP contribution is 2.22. The van der Waals surface area contributed by atoms with Gasteiger partial charge in [-0.2, -0.15) is 0 Å². The summed E-state index contributed by atoms with van der Waals surface area (Å²) in [5, 5.41) is 40.0. The molecule has 1 saturated heterocycles. The summed E-state index contributed by atoms with van der Waals surface area (Å²) in [6.45, 7) is 3.36. The molecule has 1 fully saturated rings. The van der Waals surface area contributed by atoms with Crippen LogP contribution < -0.4 is 0 Å². The molecule has 0 aliphatic carbocycles. The summed E-state index contributed by atoms with van der Waals surface area (Å²) in [5.74, 6) is -0.825. The van der Waals surface area contributed by atoms with E-state index in [0.29, 0.717) is 6.42 Å². The predicted molar refractivity (Wildman–Crippen MR) is 210 cm³/mol. The van der Waals surface area contributed by atoms with Gasteiger partial charge >= 0.3 is 11.9 Å². The predicted octanol–water partition coefficient (Wildman–Crippen LogP) is 8.55. The van der Waals surface area contributed by atoms with Crippen molar-refractivity contribution in [2.24, 2.45) is 0 Å². The van der Waals surface area contributed by atoms with Crippen LogP contribution in [-0.2, 0) is 28.5 Å². The maximum absolute atomic E-state index is 12.7. The molecule has 310 valence electrons. The quantitative estimate of drug-likeness (QED) is 0.0281. The first kappa shape index (κ1) is 49.2. The lowest BCUT2D eigenvalue weighted by molar-refractivity contribution is -0.305. The van der Waals surface area contributed by atoms with Crippen LogP contribution in [0.15, 0.2) is 24.3 Å². The Morgan fingerprint density at radius 2 is 1.02 bits per heavy atom. The van der Waals surface area contributed by atoms with Gasteiger partial charge in [0.1, 0.15) is 31.0 Å². The number of allylic oxidation sites excluding steroid dienone is 4. The summed E-state index contributed by atoms with van der Waals surface area (Å²) in [6, 6.07) is 0. The van der Waals surface area contributed by atoms with E-state index in [9.17, 15) is 30.0 Å². The number of aliphatic hydroxyl groups is 4. The molecule has 0 amide bonds. The highest BCUT2D eigenvalue weighted by Gasteiger charge is 2.44. The van der Waals surface area contributed by atoms with Crippen molar-refractivity contribution in [2.75, 3.05) is 19.8 Å². The third kappa shape index (κ3) is 26.6. The van der Waals surface area contributed by atoms with Crippen LogP contribution in [0.4, 0.5) is 0 Å². The van der Waals surface area contributed by atoms with Crippen LogP contribution >= 0.6 is 0 Å². The number of aliphatic hydroxyl groups excluding tert-OH is 4. The van der Waals surface area contributed by atoms with Crippen molar-refractivity contribution >= 4 is 11.9 Å². The molecule has 6 atom stereocenters. The van der Waals surface area contributed by atoms with E-state index in [4.69, 9.17) is 18.9 Å². The maximum atomic E-state index is 12.7. The number of carbonyl (C=O) groups is 2. The average Bonchev–Trinajstić information content (AvgIpc) is 3.15. The minimum atomic E-state index is -1.59. The van der Waals surface area contributed by atoms with E-state index >= 15 is 0 Å². The molecule has 2 unspecified atom stereocenters. The smallest absolute Gasteiger partial charge is 0.306 e. The monoisotopic (exact) mass is 755 g/mol. The fraction of sp³-hybridized carbons (Fsp3) is 0.860. The summed E-state index contributed by atoms with van der Waals surface area (Å²) < 4.78 is 22.1. The zero-order valence-electron chi connectivity index (χ0n) is 33.5. The van der Waals surface area contributed by atoms with Crippen molar-refractivity contribution in [3.05, 3.63) is 24.3 Å². The van der Waals surface area contributed by atoms with Gasteiger partial charge in [0.15, 0.2) is 12.4 Å². The highest BCUT2D eigenvalue weighted by atomic mass is 16.7. The summed E-state index contributed by atoms with van der Waals surface area (Å²) >= 11 is 0. The molecule has 1 rings (SSSR count). The van der Waals surface area contributed by atoms with Gasteiger partial charge in [-0.25, -0.2) is 0 Å². The van der Waals surface area contributed by atoms with Gasteiger partial charge in [-0.3, -0.25) is 9.59 Å². The van der Waals surface area contributed by atoms with Crippen molar-refractivity contribution in [3.8, 4) is 0 Å². The third-order valence-corrected chi connectivity index (χ3v) is 9.81. The Morgan fingerprint density at radius 1 is 0.566 bits per heavy atom. The first-order chi connectivity index (χ1) is 25.8. The van der Waals surface area contributed by atoms with E-state index in [1.807, 2.05) is 0 Å². The van der Waals surface area contributed by atoms with Crippen molar-refractivity contribution in [1.82, 2.24) is 0 Å². The fourth-order valence-electron chi connectivity index (χ4n) is 6.34. The first-order valence-corrected chi connectivity index (χ1v) is 21.4. The number of rotatable bonds is 35. The topological polar surface area (TPSA) is 152 Å². The number of hydrogen-bond acceptors (Lipinski definition) is 10. The molecule has 0 aromatic rings. The molecule has 53 heavy (non-hydrogen) atoms. The van der Waals surface area contributed by atoms with Gasteiger partial charge in [-0.05, 0) is 57.8 Å². The Labute approximate surface area is 322 Å². The molecule has 1 aliphatic heterocycles. The van der Waals surface area contributed by atoms with Gasteiger partial charge in [-0.1, -0.05) is 134 Å². The second-order valence-electron chi connectivity index (χ2n) is 14.8. The van der Waals surface area contributed by atoms with Gasteiger partial charge in [0.05, 0.1) is 13.2 Å². The lowest BCUT2D eigenvalue weighted by atomic mass is 9.99.